The zero-order chi connectivity index (χ0) is 15.7. The van der Waals surface area contributed by atoms with Gasteiger partial charge in [-0.05, 0) is 39.2 Å². The van der Waals surface area contributed by atoms with E-state index in [9.17, 15) is 20.2 Å². The summed E-state index contributed by atoms with van der Waals surface area (Å²) in [5.41, 5.74) is -2.38. The standard InChI is InChI=1S/C12H17BClNO5/c1-11(2,16)12(3,4)20-13(17)8-5-6-9(14)10(7-8)15(18)19/h5-7,16-17H,1-4H3. The van der Waals surface area contributed by atoms with E-state index in [2.05, 4.69) is 0 Å². The Hall–Kier alpha value is -1.15. The summed E-state index contributed by atoms with van der Waals surface area (Å²) in [5, 5.41) is 30.8. The normalized spacial score (nSPS) is 12.3. The van der Waals surface area contributed by atoms with E-state index in [1.165, 1.54) is 12.1 Å². The Balaban J connectivity index is 3.02. The molecule has 0 amide bonds. The number of nitro benzene ring substituents is 1. The number of hydrogen-bond donors (Lipinski definition) is 2. The van der Waals surface area contributed by atoms with Gasteiger partial charge >= 0.3 is 7.12 Å². The maximum Gasteiger partial charge on any atom is 0.491 e. The van der Waals surface area contributed by atoms with E-state index in [1.54, 1.807) is 27.7 Å². The summed E-state index contributed by atoms with van der Waals surface area (Å²) in [4.78, 5) is 10.2. The van der Waals surface area contributed by atoms with Crippen molar-refractivity contribution in [2.24, 2.45) is 0 Å². The van der Waals surface area contributed by atoms with Crippen LogP contribution in [0, 0.1) is 10.1 Å². The second-order valence-electron chi connectivity index (χ2n) is 5.51. The van der Waals surface area contributed by atoms with Crippen molar-refractivity contribution >= 4 is 29.9 Å². The largest absolute Gasteiger partial charge is 0.491 e. The minimum absolute atomic E-state index is 0.0206. The van der Waals surface area contributed by atoms with Gasteiger partial charge in [0.15, 0.2) is 0 Å². The van der Waals surface area contributed by atoms with Crippen LogP contribution in [0.1, 0.15) is 27.7 Å². The van der Waals surface area contributed by atoms with Crippen LogP contribution >= 0.6 is 11.6 Å². The highest BCUT2D eigenvalue weighted by Gasteiger charge is 2.39. The molecule has 8 heteroatoms. The maximum atomic E-state index is 10.8. The molecule has 0 bridgehead atoms. The third kappa shape index (κ3) is 3.70. The summed E-state index contributed by atoms with van der Waals surface area (Å²) in [7, 11) is -1.41. The predicted molar refractivity (Wildman–Crippen MR) is 77.2 cm³/mol. The molecule has 0 atom stereocenters. The van der Waals surface area contributed by atoms with Gasteiger partial charge in [-0.15, -0.1) is 0 Å². The lowest BCUT2D eigenvalue weighted by Gasteiger charge is -2.38. The molecule has 0 saturated heterocycles. The van der Waals surface area contributed by atoms with E-state index in [0.717, 1.165) is 6.07 Å². The molecule has 1 aromatic rings. The second-order valence-corrected chi connectivity index (χ2v) is 5.91. The number of aliphatic hydroxyl groups is 1. The zero-order valence-corrected chi connectivity index (χ0v) is 12.5. The summed E-state index contributed by atoms with van der Waals surface area (Å²) < 4.78 is 5.40. The van der Waals surface area contributed by atoms with Gasteiger partial charge in [-0.25, -0.2) is 0 Å². The Morgan fingerprint density at radius 2 is 1.90 bits per heavy atom. The Kier molecular flexibility index (Phi) is 4.81. The predicted octanol–water partition coefficient (Wildman–Crippen LogP) is 1.50. The molecule has 0 heterocycles. The minimum Gasteiger partial charge on any atom is -0.423 e. The Labute approximate surface area is 122 Å². The Bertz CT molecular complexity index is 515. The van der Waals surface area contributed by atoms with Gasteiger partial charge in [0.2, 0.25) is 0 Å². The third-order valence-corrected chi connectivity index (χ3v) is 3.65. The van der Waals surface area contributed by atoms with Gasteiger partial charge in [0.1, 0.15) is 5.02 Å². The van der Waals surface area contributed by atoms with Gasteiger partial charge < -0.3 is 14.8 Å². The summed E-state index contributed by atoms with van der Waals surface area (Å²) >= 11 is 5.70. The van der Waals surface area contributed by atoms with Gasteiger partial charge in [-0.3, -0.25) is 10.1 Å². The van der Waals surface area contributed by atoms with Crippen LogP contribution in [0.15, 0.2) is 18.2 Å². The topological polar surface area (TPSA) is 92.8 Å². The molecule has 0 aliphatic carbocycles. The van der Waals surface area contributed by atoms with Gasteiger partial charge in [0.25, 0.3) is 5.69 Å². The lowest BCUT2D eigenvalue weighted by Crippen LogP contribution is -2.53. The highest BCUT2D eigenvalue weighted by molar-refractivity contribution is 6.60. The van der Waals surface area contributed by atoms with E-state index in [1.807, 2.05) is 0 Å². The number of halogens is 1. The molecule has 0 aromatic heterocycles. The third-order valence-electron chi connectivity index (χ3n) is 3.33. The van der Waals surface area contributed by atoms with Crippen molar-refractivity contribution in [1.82, 2.24) is 0 Å². The van der Waals surface area contributed by atoms with Gasteiger partial charge in [0, 0.05) is 6.07 Å². The molecule has 0 unspecified atom stereocenters. The SMILES string of the molecule is CC(C)(O)C(C)(C)OB(O)c1ccc(Cl)c([N+](=O)[O-])c1. The highest BCUT2D eigenvalue weighted by Crippen LogP contribution is 2.26. The molecule has 6 nitrogen and oxygen atoms in total. The molecular formula is C12H17BClNO5. The molecule has 0 spiro atoms. The molecular weight excluding hydrogens is 284 g/mol. The van der Waals surface area contributed by atoms with Crippen molar-refractivity contribution in [2.75, 3.05) is 0 Å². The van der Waals surface area contributed by atoms with Crippen molar-refractivity contribution in [3.8, 4) is 0 Å². The first kappa shape index (κ1) is 16.9. The molecule has 1 rings (SSSR count). The van der Waals surface area contributed by atoms with Crippen LogP contribution in [0.5, 0.6) is 0 Å². The molecule has 2 N–H and O–H groups in total. The van der Waals surface area contributed by atoms with Crippen LogP contribution in [-0.2, 0) is 4.65 Å². The molecule has 110 valence electrons. The van der Waals surface area contributed by atoms with Crippen molar-refractivity contribution in [3.05, 3.63) is 33.3 Å². The van der Waals surface area contributed by atoms with Crippen molar-refractivity contribution in [3.63, 3.8) is 0 Å². The van der Waals surface area contributed by atoms with Crippen LogP contribution in [0.25, 0.3) is 0 Å². The first-order valence-electron chi connectivity index (χ1n) is 5.98. The lowest BCUT2D eigenvalue weighted by molar-refractivity contribution is -0.384. The fourth-order valence-corrected chi connectivity index (χ4v) is 1.50. The van der Waals surface area contributed by atoms with Crippen molar-refractivity contribution in [1.29, 1.82) is 0 Å². The van der Waals surface area contributed by atoms with E-state index >= 15 is 0 Å². The molecule has 0 radical (unpaired) electrons. The summed E-state index contributed by atoms with van der Waals surface area (Å²) in [6, 6.07) is 3.90. The van der Waals surface area contributed by atoms with E-state index in [0.29, 0.717) is 0 Å². The molecule has 0 saturated carbocycles. The molecule has 0 aliphatic heterocycles. The van der Waals surface area contributed by atoms with Crippen LogP contribution in [0.2, 0.25) is 5.02 Å². The molecule has 20 heavy (non-hydrogen) atoms. The average Bonchev–Trinajstić information content (AvgIpc) is 2.26. The molecule has 0 fully saturated rings. The molecule has 0 aliphatic rings. The first-order valence-corrected chi connectivity index (χ1v) is 6.35. The van der Waals surface area contributed by atoms with Gasteiger partial charge in [0.05, 0.1) is 16.1 Å². The number of hydrogen-bond acceptors (Lipinski definition) is 5. The number of nitrogens with zero attached hydrogens (tertiary/aromatic N) is 1. The van der Waals surface area contributed by atoms with Crippen LogP contribution < -0.4 is 5.46 Å². The summed E-state index contributed by atoms with van der Waals surface area (Å²) in [5.74, 6) is 0. The summed E-state index contributed by atoms with van der Waals surface area (Å²) in [6.07, 6.45) is 0. The fraction of sp³-hybridized carbons (Fsp3) is 0.500. The minimum atomic E-state index is -1.41. The zero-order valence-electron chi connectivity index (χ0n) is 11.8. The first-order chi connectivity index (χ1) is 8.95. The second kappa shape index (κ2) is 5.69. The van der Waals surface area contributed by atoms with Crippen molar-refractivity contribution in [2.45, 2.75) is 38.9 Å². The number of rotatable bonds is 5. The van der Waals surface area contributed by atoms with Crippen LogP contribution in [0.3, 0.4) is 0 Å². The number of nitro groups is 1. The lowest BCUT2D eigenvalue weighted by atomic mass is 9.76. The highest BCUT2D eigenvalue weighted by atomic mass is 35.5. The van der Waals surface area contributed by atoms with Crippen molar-refractivity contribution < 1.29 is 19.7 Å². The summed E-state index contributed by atoms with van der Waals surface area (Å²) in [6.45, 7) is 6.31. The molecule has 1 aromatic carbocycles. The van der Waals surface area contributed by atoms with Gasteiger partial charge in [-0.2, -0.15) is 0 Å². The van der Waals surface area contributed by atoms with E-state index in [4.69, 9.17) is 16.3 Å². The van der Waals surface area contributed by atoms with E-state index < -0.39 is 23.2 Å². The Morgan fingerprint density at radius 1 is 1.35 bits per heavy atom. The Morgan fingerprint density at radius 3 is 2.35 bits per heavy atom. The van der Waals surface area contributed by atoms with Crippen LogP contribution in [-0.4, -0.2) is 33.4 Å². The smallest absolute Gasteiger partial charge is 0.423 e. The monoisotopic (exact) mass is 301 g/mol. The fourth-order valence-electron chi connectivity index (χ4n) is 1.31. The average molecular weight is 302 g/mol. The number of benzene rings is 1. The quantitative estimate of drug-likeness (QED) is 0.488. The van der Waals surface area contributed by atoms with Crippen LogP contribution in [0.4, 0.5) is 5.69 Å². The maximum absolute atomic E-state index is 10.8. The van der Waals surface area contributed by atoms with Gasteiger partial charge in [-0.1, -0.05) is 17.7 Å². The van der Waals surface area contributed by atoms with E-state index in [-0.39, 0.29) is 16.2 Å².